The van der Waals surface area contributed by atoms with Crippen molar-refractivity contribution in [1.29, 1.82) is 0 Å². The number of hydrogen-bond acceptors (Lipinski definition) is 5. The van der Waals surface area contributed by atoms with Crippen LogP contribution >= 0.6 is 0 Å². The Balaban J connectivity index is 2.03. The second-order valence-corrected chi connectivity index (χ2v) is 7.98. The summed E-state index contributed by atoms with van der Waals surface area (Å²) >= 11 is 0. The minimum atomic E-state index is -3.53. The van der Waals surface area contributed by atoms with Crippen molar-refractivity contribution in [3.63, 3.8) is 0 Å². The van der Waals surface area contributed by atoms with E-state index in [4.69, 9.17) is 9.47 Å². The number of ether oxygens (including phenoxy) is 2. The van der Waals surface area contributed by atoms with Crippen LogP contribution in [-0.2, 0) is 14.8 Å². The third-order valence-corrected chi connectivity index (χ3v) is 6.25. The van der Waals surface area contributed by atoms with E-state index in [2.05, 4.69) is 5.32 Å². The lowest BCUT2D eigenvalue weighted by Crippen LogP contribution is -2.31. The second kappa shape index (κ2) is 9.57. The van der Waals surface area contributed by atoms with Gasteiger partial charge in [-0.1, -0.05) is 19.9 Å². The predicted molar refractivity (Wildman–Crippen MR) is 108 cm³/mol. The van der Waals surface area contributed by atoms with Gasteiger partial charge in [-0.2, -0.15) is 4.31 Å². The van der Waals surface area contributed by atoms with Crippen LogP contribution in [0.3, 0.4) is 0 Å². The first kappa shape index (κ1) is 21.7. The Labute approximate surface area is 166 Å². The van der Waals surface area contributed by atoms with Gasteiger partial charge in [0.05, 0.1) is 12.0 Å². The van der Waals surface area contributed by atoms with Gasteiger partial charge in [0.25, 0.3) is 5.91 Å². The molecule has 7 nitrogen and oxygen atoms in total. The van der Waals surface area contributed by atoms with Crippen LogP contribution in [0, 0.1) is 0 Å². The molecule has 0 fully saturated rings. The maximum atomic E-state index is 12.5. The van der Waals surface area contributed by atoms with E-state index < -0.39 is 16.1 Å². The molecule has 2 aromatic carbocycles. The van der Waals surface area contributed by atoms with E-state index in [9.17, 15) is 13.2 Å². The Hall–Kier alpha value is -2.58. The minimum absolute atomic E-state index is 0.190. The average Bonchev–Trinajstić information content (AvgIpc) is 2.69. The van der Waals surface area contributed by atoms with Crippen molar-refractivity contribution < 1.29 is 22.7 Å². The minimum Gasteiger partial charge on any atom is -0.497 e. The largest absolute Gasteiger partial charge is 0.497 e. The van der Waals surface area contributed by atoms with Crippen molar-refractivity contribution >= 4 is 21.6 Å². The molecule has 2 aromatic rings. The van der Waals surface area contributed by atoms with E-state index in [0.29, 0.717) is 30.3 Å². The summed E-state index contributed by atoms with van der Waals surface area (Å²) in [5.41, 5.74) is 0.490. The van der Waals surface area contributed by atoms with Crippen LogP contribution in [0.5, 0.6) is 11.5 Å². The van der Waals surface area contributed by atoms with E-state index in [-0.39, 0.29) is 10.8 Å². The summed E-state index contributed by atoms with van der Waals surface area (Å²) in [6.45, 7) is 6.01. The fourth-order valence-corrected chi connectivity index (χ4v) is 4.06. The zero-order valence-electron chi connectivity index (χ0n) is 16.5. The molecule has 0 aliphatic carbocycles. The molecule has 1 unspecified atom stereocenters. The van der Waals surface area contributed by atoms with Crippen LogP contribution in [0.2, 0.25) is 0 Å². The number of nitrogens with one attached hydrogen (secondary N) is 1. The molecule has 0 aliphatic rings. The van der Waals surface area contributed by atoms with Crippen LogP contribution in [0.1, 0.15) is 20.8 Å². The maximum absolute atomic E-state index is 12.5. The number of methoxy groups -OCH3 is 1. The number of hydrogen-bond donors (Lipinski definition) is 1. The number of rotatable bonds is 9. The van der Waals surface area contributed by atoms with Gasteiger partial charge in [-0.05, 0) is 43.3 Å². The number of carbonyl (C=O) groups excluding carboxylic acids is 1. The zero-order valence-corrected chi connectivity index (χ0v) is 17.3. The molecule has 28 heavy (non-hydrogen) atoms. The molecule has 8 heteroatoms. The summed E-state index contributed by atoms with van der Waals surface area (Å²) in [6.07, 6.45) is -0.744. The molecule has 152 valence electrons. The molecular weight excluding hydrogens is 380 g/mol. The van der Waals surface area contributed by atoms with Crippen LogP contribution in [0.4, 0.5) is 5.69 Å². The predicted octanol–water partition coefficient (Wildman–Crippen LogP) is 3.13. The van der Waals surface area contributed by atoms with Gasteiger partial charge in [-0.25, -0.2) is 8.42 Å². The number of carbonyl (C=O) groups is 1. The van der Waals surface area contributed by atoms with Gasteiger partial charge in [0.1, 0.15) is 11.5 Å². The van der Waals surface area contributed by atoms with Crippen molar-refractivity contribution in [1.82, 2.24) is 4.31 Å². The third-order valence-electron chi connectivity index (χ3n) is 4.19. The van der Waals surface area contributed by atoms with Gasteiger partial charge in [0.2, 0.25) is 10.0 Å². The summed E-state index contributed by atoms with van der Waals surface area (Å²) in [5.74, 6) is 0.806. The molecule has 1 atom stereocenters. The molecule has 0 aliphatic heterocycles. The fourth-order valence-electron chi connectivity index (χ4n) is 2.60. The van der Waals surface area contributed by atoms with Gasteiger partial charge in [-0.3, -0.25) is 4.79 Å². The first-order valence-electron chi connectivity index (χ1n) is 9.03. The molecule has 0 bridgehead atoms. The summed E-state index contributed by atoms with van der Waals surface area (Å²) in [4.78, 5) is 12.5. The summed E-state index contributed by atoms with van der Waals surface area (Å²) < 4.78 is 37.1. The molecular formula is C20H26N2O5S. The lowest BCUT2D eigenvalue weighted by atomic mass is 10.3. The Kier molecular flexibility index (Phi) is 7.42. The Morgan fingerprint density at radius 1 is 1.07 bits per heavy atom. The van der Waals surface area contributed by atoms with E-state index >= 15 is 0 Å². The van der Waals surface area contributed by atoms with Gasteiger partial charge < -0.3 is 14.8 Å². The van der Waals surface area contributed by atoms with Gasteiger partial charge in [-0.15, -0.1) is 0 Å². The Morgan fingerprint density at radius 2 is 1.68 bits per heavy atom. The molecule has 0 radical (unpaired) electrons. The summed E-state index contributed by atoms with van der Waals surface area (Å²) in [5, 5.41) is 2.72. The van der Waals surface area contributed by atoms with E-state index in [0.717, 1.165) is 0 Å². The molecule has 1 amide bonds. The van der Waals surface area contributed by atoms with Crippen LogP contribution in [0.25, 0.3) is 0 Å². The third kappa shape index (κ3) is 5.24. The van der Waals surface area contributed by atoms with E-state index in [1.165, 1.54) is 16.4 Å². The zero-order chi connectivity index (χ0) is 20.7. The number of anilines is 1. The average molecular weight is 407 g/mol. The SMILES string of the molecule is CCN(CC)S(=O)(=O)c1ccc(NC(=O)C(C)Oc2cccc(OC)c2)cc1. The van der Waals surface area contributed by atoms with Gasteiger partial charge in [0.15, 0.2) is 6.10 Å². The Bertz CT molecular complexity index is 893. The van der Waals surface area contributed by atoms with Crippen LogP contribution < -0.4 is 14.8 Å². The van der Waals surface area contributed by atoms with Crippen LogP contribution in [-0.4, -0.2) is 44.9 Å². The highest BCUT2D eigenvalue weighted by Gasteiger charge is 2.21. The van der Waals surface area contributed by atoms with E-state index in [1.807, 2.05) is 0 Å². The quantitative estimate of drug-likeness (QED) is 0.692. The van der Waals surface area contributed by atoms with E-state index in [1.54, 1.807) is 64.3 Å². The number of sulfonamides is 1. The second-order valence-electron chi connectivity index (χ2n) is 6.04. The maximum Gasteiger partial charge on any atom is 0.265 e. The number of nitrogens with zero attached hydrogens (tertiary/aromatic N) is 1. The van der Waals surface area contributed by atoms with Crippen molar-refractivity contribution in [2.45, 2.75) is 31.8 Å². The van der Waals surface area contributed by atoms with Gasteiger partial charge in [0, 0.05) is 24.8 Å². The van der Waals surface area contributed by atoms with Crippen molar-refractivity contribution in [3.05, 3.63) is 48.5 Å². The van der Waals surface area contributed by atoms with Crippen molar-refractivity contribution in [3.8, 4) is 11.5 Å². The normalized spacial score (nSPS) is 12.5. The fraction of sp³-hybridized carbons (Fsp3) is 0.350. The molecule has 0 aromatic heterocycles. The standard InChI is InChI=1S/C20H26N2O5S/c1-5-22(6-2)28(24,25)19-12-10-16(11-13-19)21-20(23)15(3)27-18-9-7-8-17(14-18)26-4/h7-15H,5-6H2,1-4H3,(H,21,23). The van der Waals surface area contributed by atoms with Crippen molar-refractivity contribution in [2.75, 3.05) is 25.5 Å². The smallest absolute Gasteiger partial charge is 0.265 e. The first-order valence-corrected chi connectivity index (χ1v) is 10.5. The highest BCUT2D eigenvalue weighted by atomic mass is 32.2. The number of amides is 1. The topological polar surface area (TPSA) is 84.9 Å². The Morgan fingerprint density at radius 3 is 2.25 bits per heavy atom. The monoisotopic (exact) mass is 406 g/mol. The molecule has 2 rings (SSSR count). The van der Waals surface area contributed by atoms with Crippen molar-refractivity contribution in [2.24, 2.45) is 0 Å². The van der Waals surface area contributed by atoms with Gasteiger partial charge >= 0.3 is 0 Å². The molecule has 0 heterocycles. The lowest BCUT2D eigenvalue weighted by molar-refractivity contribution is -0.122. The highest BCUT2D eigenvalue weighted by molar-refractivity contribution is 7.89. The summed E-state index contributed by atoms with van der Waals surface area (Å²) in [6, 6.07) is 13.1. The van der Waals surface area contributed by atoms with Crippen LogP contribution in [0.15, 0.2) is 53.4 Å². The first-order chi connectivity index (χ1) is 13.3. The molecule has 0 spiro atoms. The number of benzene rings is 2. The molecule has 0 saturated carbocycles. The summed E-state index contributed by atoms with van der Waals surface area (Å²) in [7, 11) is -1.97. The lowest BCUT2D eigenvalue weighted by Gasteiger charge is -2.19. The molecule has 0 saturated heterocycles. The highest BCUT2D eigenvalue weighted by Crippen LogP contribution is 2.21. The molecule has 1 N–H and O–H groups in total.